The summed E-state index contributed by atoms with van der Waals surface area (Å²) < 4.78 is 5.48. The Kier molecular flexibility index (Phi) is 5.88. The lowest BCUT2D eigenvalue weighted by molar-refractivity contribution is 0.00374. The van der Waals surface area contributed by atoms with Crippen LogP contribution in [-0.4, -0.2) is 23.3 Å². The molecule has 3 aromatic rings. The van der Waals surface area contributed by atoms with Gasteiger partial charge in [0.15, 0.2) is 5.60 Å². The van der Waals surface area contributed by atoms with Crippen LogP contribution >= 0.6 is 0 Å². The van der Waals surface area contributed by atoms with Crippen LogP contribution in [0.2, 0.25) is 0 Å². The number of anilines is 1. The third kappa shape index (κ3) is 4.96. The monoisotopic (exact) mass is 387 g/mol. The number of esters is 1. The molecule has 0 aliphatic rings. The maximum absolute atomic E-state index is 12.7. The van der Waals surface area contributed by atoms with Gasteiger partial charge in [-0.3, -0.25) is 9.59 Å². The summed E-state index contributed by atoms with van der Waals surface area (Å²) in [7, 11) is 0. The zero-order chi connectivity index (χ0) is 20.9. The summed E-state index contributed by atoms with van der Waals surface area (Å²) in [5.74, 6) is -1.22. The van der Waals surface area contributed by atoms with Gasteiger partial charge in [-0.2, -0.15) is 0 Å². The summed E-state index contributed by atoms with van der Waals surface area (Å²) in [5.41, 5.74) is 0.344. The molecule has 0 spiro atoms. The molecule has 0 aliphatic heterocycles. The highest BCUT2D eigenvalue weighted by atomic mass is 16.6. The van der Waals surface area contributed by atoms with Gasteiger partial charge in [0.2, 0.25) is 5.78 Å². The number of ether oxygens (including phenoxy) is 1. The van der Waals surface area contributed by atoms with E-state index in [0.29, 0.717) is 16.8 Å². The van der Waals surface area contributed by atoms with Crippen LogP contribution in [0.1, 0.15) is 44.9 Å². The second-order valence-corrected chi connectivity index (χ2v) is 7.00. The molecule has 0 saturated carbocycles. The molecule has 0 atom stereocenters. The predicted octanol–water partition coefficient (Wildman–Crippen LogP) is 4.76. The minimum absolute atomic E-state index is 0.241. The molecule has 0 aliphatic carbocycles. The predicted molar refractivity (Wildman–Crippen MR) is 111 cm³/mol. The number of hydrogen-bond donors (Lipinski definition) is 1. The number of Topliss-reactive ketones (excluding diaryl/α,β-unsaturated/α-hetero) is 1. The van der Waals surface area contributed by atoms with Crippen molar-refractivity contribution >= 4 is 23.3 Å². The Morgan fingerprint density at radius 1 is 0.724 bits per heavy atom. The zero-order valence-corrected chi connectivity index (χ0v) is 16.2. The Hall–Kier alpha value is -3.73. The number of carbonyl (C=O) groups is 3. The number of hydrogen-bond acceptors (Lipinski definition) is 4. The van der Waals surface area contributed by atoms with Gasteiger partial charge in [-0.25, -0.2) is 4.79 Å². The van der Waals surface area contributed by atoms with Gasteiger partial charge in [-0.1, -0.05) is 54.6 Å². The maximum Gasteiger partial charge on any atom is 0.339 e. The van der Waals surface area contributed by atoms with E-state index in [2.05, 4.69) is 5.32 Å². The molecule has 0 aromatic heterocycles. The van der Waals surface area contributed by atoms with Crippen LogP contribution in [0.4, 0.5) is 5.69 Å². The van der Waals surface area contributed by atoms with Gasteiger partial charge < -0.3 is 10.1 Å². The van der Waals surface area contributed by atoms with Gasteiger partial charge in [-0.05, 0) is 44.2 Å². The number of carbonyl (C=O) groups excluding carboxylic acids is 3. The van der Waals surface area contributed by atoms with Crippen molar-refractivity contribution in [3.05, 3.63) is 102 Å². The number of amides is 1. The van der Waals surface area contributed by atoms with Gasteiger partial charge in [0.25, 0.3) is 5.91 Å². The van der Waals surface area contributed by atoms with Crippen molar-refractivity contribution in [1.29, 1.82) is 0 Å². The number of ketones is 1. The second-order valence-electron chi connectivity index (χ2n) is 7.00. The highest BCUT2D eigenvalue weighted by molar-refractivity contribution is 6.06. The quantitative estimate of drug-likeness (QED) is 0.489. The fourth-order valence-electron chi connectivity index (χ4n) is 2.79. The van der Waals surface area contributed by atoms with Gasteiger partial charge in [-0.15, -0.1) is 0 Å². The summed E-state index contributed by atoms with van der Waals surface area (Å²) in [6.07, 6.45) is 0. The summed E-state index contributed by atoms with van der Waals surface area (Å²) in [5, 5.41) is 2.75. The molecule has 5 nitrogen and oxygen atoms in total. The normalized spacial score (nSPS) is 10.8. The standard InChI is InChI=1S/C24H21NO4/c1-24(2,21(26)17-10-5-3-6-11-17)29-23(28)19-14-9-15-20(16-19)25-22(27)18-12-7-4-8-13-18/h3-16H,1-2H3,(H,25,27). The Morgan fingerprint density at radius 2 is 1.28 bits per heavy atom. The highest BCUT2D eigenvalue weighted by Crippen LogP contribution is 2.21. The van der Waals surface area contributed by atoms with E-state index in [4.69, 9.17) is 4.74 Å². The topological polar surface area (TPSA) is 72.5 Å². The Morgan fingerprint density at radius 3 is 1.90 bits per heavy atom. The first-order valence-electron chi connectivity index (χ1n) is 9.16. The van der Waals surface area contributed by atoms with Crippen LogP contribution < -0.4 is 5.32 Å². The molecule has 0 saturated heterocycles. The van der Waals surface area contributed by atoms with Crippen LogP contribution in [0.15, 0.2) is 84.9 Å². The molecule has 1 amide bonds. The van der Waals surface area contributed by atoms with Crippen LogP contribution in [0, 0.1) is 0 Å². The molecule has 3 rings (SSSR count). The van der Waals surface area contributed by atoms with Crippen LogP contribution in [-0.2, 0) is 4.74 Å². The largest absolute Gasteiger partial charge is 0.448 e. The van der Waals surface area contributed by atoms with E-state index >= 15 is 0 Å². The summed E-state index contributed by atoms with van der Waals surface area (Å²) in [6.45, 7) is 3.11. The first kappa shape index (κ1) is 20.0. The minimum Gasteiger partial charge on any atom is -0.448 e. The number of benzene rings is 3. The van der Waals surface area contributed by atoms with Crippen molar-refractivity contribution in [3.63, 3.8) is 0 Å². The van der Waals surface area contributed by atoms with Gasteiger partial charge >= 0.3 is 5.97 Å². The maximum atomic E-state index is 12.7. The van der Waals surface area contributed by atoms with Crippen molar-refractivity contribution in [2.24, 2.45) is 0 Å². The minimum atomic E-state index is -1.33. The lowest BCUT2D eigenvalue weighted by Crippen LogP contribution is -2.37. The molecular weight excluding hydrogens is 366 g/mol. The van der Waals surface area contributed by atoms with Gasteiger partial charge in [0, 0.05) is 16.8 Å². The first-order chi connectivity index (χ1) is 13.9. The summed E-state index contributed by atoms with van der Waals surface area (Å²) in [4.78, 5) is 37.6. The van der Waals surface area contributed by atoms with Crippen molar-refractivity contribution < 1.29 is 19.1 Å². The van der Waals surface area contributed by atoms with E-state index < -0.39 is 11.6 Å². The molecule has 146 valence electrons. The SMILES string of the molecule is CC(C)(OC(=O)c1cccc(NC(=O)c2ccccc2)c1)C(=O)c1ccccc1. The van der Waals surface area contributed by atoms with E-state index in [9.17, 15) is 14.4 Å². The first-order valence-corrected chi connectivity index (χ1v) is 9.16. The van der Waals surface area contributed by atoms with Crippen molar-refractivity contribution in [2.45, 2.75) is 19.4 Å². The Balaban J connectivity index is 1.72. The third-order valence-corrected chi connectivity index (χ3v) is 4.32. The summed E-state index contributed by atoms with van der Waals surface area (Å²) >= 11 is 0. The molecule has 0 heterocycles. The lowest BCUT2D eigenvalue weighted by Gasteiger charge is -2.24. The Bertz CT molecular complexity index is 1030. The fraction of sp³-hybridized carbons (Fsp3) is 0.125. The van der Waals surface area contributed by atoms with Crippen LogP contribution in [0.5, 0.6) is 0 Å². The molecule has 1 N–H and O–H groups in total. The number of rotatable bonds is 6. The molecule has 0 radical (unpaired) electrons. The van der Waals surface area contributed by atoms with Crippen molar-refractivity contribution in [3.8, 4) is 0 Å². The molecular formula is C24H21NO4. The van der Waals surface area contributed by atoms with E-state index in [0.717, 1.165) is 0 Å². The fourth-order valence-corrected chi connectivity index (χ4v) is 2.79. The molecule has 29 heavy (non-hydrogen) atoms. The van der Waals surface area contributed by atoms with Gasteiger partial charge in [0.1, 0.15) is 0 Å². The van der Waals surface area contributed by atoms with E-state index in [-0.39, 0.29) is 17.3 Å². The molecule has 0 bridgehead atoms. The molecule has 3 aromatic carbocycles. The van der Waals surface area contributed by atoms with Crippen LogP contribution in [0.25, 0.3) is 0 Å². The van der Waals surface area contributed by atoms with E-state index in [1.165, 1.54) is 6.07 Å². The van der Waals surface area contributed by atoms with Crippen molar-refractivity contribution in [1.82, 2.24) is 0 Å². The van der Waals surface area contributed by atoms with Crippen LogP contribution in [0.3, 0.4) is 0 Å². The van der Waals surface area contributed by atoms with E-state index in [1.807, 2.05) is 12.1 Å². The zero-order valence-electron chi connectivity index (χ0n) is 16.2. The average Bonchev–Trinajstić information content (AvgIpc) is 2.74. The molecule has 5 heteroatoms. The van der Waals surface area contributed by atoms with Crippen molar-refractivity contribution in [2.75, 3.05) is 5.32 Å². The highest BCUT2D eigenvalue weighted by Gasteiger charge is 2.33. The smallest absolute Gasteiger partial charge is 0.339 e. The second kappa shape index (κ2) is 8.52. The van der Waals surface area contributed by atoms with Gasteiger partial charge in [0.05, 0.1) is 5.56 Å². The molecule has 0 unspecified atom stereocenters. The lowest BCUT2D eigenvalue weighted by atomic mass is 9.96. The summed E-state index contributed by atoms with van der Waals surface area (Å²) in [6, 6.07) is 23.9. The average molecular weight is 387 g/mol. The molecule has 0 fully saturated rings. The third-order valence-electron chi connectivity index (χ3n) is 4.32. The van der Waals surface area contributed by atoms with E-state index in [1.54, 1.807) is 80.6 Å². The Labute approximate surface area is 169 Å². The number of nitrogens with one attached hydrogen (secondary N) is 1.